The van der Waals surface area contributed by atoms with Crippen LogP contribution in [0.2, 0.25) is 0 Å². The Balaban J connectivity index is 2.71. The van der Waals surface area contributed by atoms with E-state index >= 15 is 0 Å². The predicted molar refractivity (Wildman–Crippen MR) is 71.2 cm³/mol. The number of fused-ring (bicyclic) bond motifs is 2. The molecule has 2 bridgehead atoms. The first kappa shape index (κ1) is 12.0. The van der Waals surface area contributed by atoms with Gasteiger partial charge >= 0.3 is 0 Å². The van der Waals surface area contributed by atoms with E-state index in [4.69, 9.17) is 0 Å². The lowest BCUT2D eigenvalue weighted by Crippen LogP contribution is -2.47. The Morgan fingerprint density at radius 2 is 1.19 bits per heavy atom. The molecule has 2 rings (SSSR count). The van der Waals surface area contributed by atoms with Crippen molar-refractivity contribution in [1.29, 1.82) is 0 Å². The van der Waals surface area contributed by atoms with Gasteiger partial charge in [-0.3, -0.25) is 0 Å². The van der Waals surface area contributed by atoms with Crippen LogP contribution in [-0.2, 0) is 0 Å². The molecule has 0 aromatic heterocycles. The van der Waals surface area contributed by atoms with Crippen LogP contribution in [0.1, 0.15) is 48.5 Å². The molecule has 5 atom stereocenters. The highest BCUT2D eigenvalue weighted by Gasteiger charge is 2.61. The van der Waals surface area contributed by atoms with Crippen molar-refractivity contribution >= 4 is 0 Å². The Morgan fingerprint density at radius 3 is 1.50 bits per heavy atom. The lowest BCUT2D eigenvalue weighted by Gasteiger charge is -2.53. The molecular formula is C16H26. The van der Waals surface area contributed by atoms with Crippen molar-refractivity contribution in [3.63, 3.8) is 0 Å². The highest BCUT2D eigenvalue weighted by molar-refractivity contribution is 5.42. The molecule has 90 valence electrons. The van der Waals surface area contributed by atoms with Crippen LogP contribution < -0.4 is 0 Å². The second kappa shape index (κ2) is 3.03. The molecule has 0 amide bonds. The van der Waals surface area contributed by atoms with Crippen LogP contribution in [-0.4, -0.2) is 0 Å². The first-order chi connectivity index (χ1) is 7.20. The van der Waals surface area contributed by atoms with Gasteiger partial charge in [-0.2, -0.15) is 0 Å². The van der Waals surface area contributed by atoms with E-state index in [2.05, 4.69) is 55.0 Å². The van der Waals surface area contributed by atoms with Gasteiger partial charge in [0.05, 0.1) is 0 Å². The molecular weight excluding hydrogens is 192 g/mol. The molecule has 0 aromatic rings. The molecule has 0 aliphatic heterocycles. The van der Waals surface area contributed by atoms with E-state index in [1.807, 2.05) is 0 Å². The van der Waals surface area contributed by atoms with Gasteiger partial charge in [-0.15, -0.1) is 0 Å². The molecule has 1 unspecified atom stereocenters. The fraction of sp³-hybridized carbons (Fsp3) is 0.750. The van der Waals surface area contributed by atoms with E-state index in [0.717, 1.165) is 5.92 Å². The summed E-state index contributed by atoms with van der Waals surface area (Å²) in [7, 11) is 0. The summed E-state index contributed by atoms with van der Waals surface area (Å²) in [6.45, 7) is 21.2. The SMILES string of the molecule is C=C1[C@@H](C)[C@]2(C)C(C)=C(C)[C@@](C)(C2C)[C@H]1C. The zero-order valence-corrected chi connectivity index (χ0v) is 11.9. The smallest absolute Gasteiger partial charge is 0.00195 e. The predicted octanol–water partition coefficient (Wildman–Crippen LogP) is 4.83. The second-order valence-electron chi connectivity index (χ2n) is 6.56. The first-order valence-electron chi connectivity index (χ1n) is 6.57. The van der Waals surface area contributed by atoms with Crippen molar-refractivity contribution in [2.24, 2.45) is 28.6 Å². The average molecular weight is 218 g/mol. The van der Waals surface area contributed by atoms with Crippen molar-refractivity contribution in [1.82, 2.24) is 0 Å². The standard InChI is InChI=1S/C16H26/c1-9-10(2)15(7)12(4)13(5)16(8,11(9)3)14(15)6/h10-11,14H,1H2,2-8H3/t10-,11+,14?,15-,16+. The van der Waals surface area contributed by atoms with E-state index in [0.29, 0.717) is 22.7 Å². The van der Waals surface area contributed by atoms with Crippen molar-refractivity contribution in [2.45, 2.75) is 48.5 Å². The highest BCUT2D eigenvalue weighted by Crippen LogP contribution is 2.69. The molecule has 0 nitrogen and oxygen atoms in total. The van der Waals surface area contributed by atoms with Gasteiger partial charge in [0.2, 0.25) is 0 Å². The van der Waals surface area contributed by atoms with Crippen molar-refractivity contribution in [3.05, 3.63) is 23.3 Å². The maximum absolute atomic E-state index is 4.38. The zero-order chi connectivity index (χ0) is 12.5. The molecule has 1 fully saturated rings. The quantitative estimate of drug-likeness (QED) is 0.511. The van der Waals surface area contributed by atoms with E-state index in [1.54, 1.807) is 11.1 Å². The molecule has 0 spiro atoms. The minimum atomic E-state index is 0.336. The topological polar surface area (TPSA) is 0 Å². The summed E-state index contributed by atoms with van der Waals surface area (Å²) in [6, 6.07) is 0. The maximum atomic E-state index is 4.38. The van der Waals surface area contributed by atoms with Crippen LogP contribution in [0.25, 0.3) is 0 Å². The largest absolute Gasteiger partial charge is 0.0993 e. The third-order valence-electron chi connectivity index (χ3n) is 6.89. The fourth-order valence-corrected chi connectivity index (χ4v) is 4.63. The molecule has 0 radical (unpaired) electrons. The van der Waals surface area contributed by atoms with Gasteiger partial charge < -0.3 is 0 Å². The molecule has 2 aliphatic rings. The Labute approximate surface area is 101 Å². The summed E-state index contributed by atoms with van der Waals surface area (Å²) < 4.78 is 0. The summed E-state index contributed by atoms with van der Waals surface area (Å²) in [6.07, 6.45) is 0. The van der Waals surface area contributed by atoms with E-state index in [-0.39, 0.29) is 0 Å². The number of hydrogen-bond donors (Lipinski definition) is 0. The Hall–Kier alpha value is -0.520. The van der Waals surface area contributed by atoms with Gasteiger partial charge in [0.25, 0.3) is 0 Å². The summed E-state index contributed by atoms with van der Waals surface area (Å²) >= 11 is 0. The van der Waals surface area contributed by atoms with Crippen LogP contribution in [0.3, 0.4) is 0 Å². The van der Waals surface area contributed by atoms with Gasteiger partial charge in [-0.05, 0) is 42.4 Å². The molecule has 16 heavy (non-hydrogen) atoms. The molecule has 0 aromatic carbocycles. The monoisotopic (exact) mass is 218 g/mol. The highest BCUT2D eigenvalue weighted by atomic mass is 14.6. The summed E-state index contributed by atoms with van der Waals surface area (Å²) in [5.74, 6) is 1.96. The molecule has 0 heteroatoms. The van der Waals surface area contributed by atoms with Crippen molar-refractivity contribution in [2.75, 3.05) is 0 Å². The maximum Gasteiger partial charge on any atom is -0.00195 e. The lowest BCUT2D eigenvalue weighted by molar-refractivity contribution is 0.0392. The number of allylic oxidation sites excluding steroid dienone is 3. The zero-order valence-electron chi connectivity index (χ0n) is 11.9. The molecule has 0 N–H and O–H groups in total. The molecule has 2 aliphatic carbocycles. The second-order valence-corrected chi connectivity index (χ2v) is 6.56. The lowest BCUT2D eigenvalue weighted by atomic mass is 9.51. The fourth-order valence-electron chi connectivity index (χ4n) is 4.63. The molecule has 0 saturated heterocycles. The normalized spacial score (nSPS) is 52.4. The summed E-state index contributed by atoms with van der Waals surface area (Å²) in [5, 5.41) is 0. The third kappa shape index (κ3) is 0.931. The van der Waals surface area contributed by atoms with E-state index in [1.165, 1.54) is 5.57 Å². The minimum Gasteiger partial charge on any atom is -0.0993 e. The summed E-state index contributed by atoms with van der Waals surface area (Å²) in [4.78, 5) is 0. The molecule has 0 heterocycles. The summed E-state index contributed by atoms with van der Waals surface area (Å²) in [5.41, 5.74) is 5.38. The van der Waals surface area contributed by atoms with Crippen molar-refractivity contribution in [3.8, 4) is 0 Å². The number of rotatable bonds is 0. The average Bonchev–Trinajstić information content (AvgIpc) is 2.38. The third-order valence-corrected chi connectivity index (χ3v) is 6.89. The number of hydrogen-bond acceptors (Lipinski definition) is 0. The Morgan fingerprint density at radius 1 is 0.875 bits per heavy atom. The van der Waals surface area contributed by atoms with Crippen molar-refractivity contribution < 1.29 is 0 Å². The molecule has 1 saturated carbocycles. The van der Waals surface area contributed by atoms with E-state index in [9.17, 15) is 0 Å². The van der Waals surface area contributed by atoms with Crippen LogP contribution in [0.5, 0.6) is 0 Å². The minimum absolute atomic E-state index is 0.336. The van der Waals surface area contributed by atoms with Gasteiger partial charge in [-0.25, -0.2) is 0 Å². The van der Waals surface area contributed by atoms with Crippen LogP contribution >= 0.6 is 0 Å². The van der Waals surface area contributed by atoms with Crippen LogP contribution in [0.15, 0.2) is 23.3 Å². The van der Waals surface area contributed by atoms with Crippen LogP contribution in [0, 0.1) is 28.6 Å². The van der Waals surface area contributed by atoms with Gasteiger partial charge in [-0.1, -0.05) is 57.9 Å². The van der Waals surface area contributed by atoms with Gasteiger partial charge in [0, 0.05) is 0 Å². The Bertz CT molecular complexity index is 353. The van der Waals surface area contributed by atoms with Gasteiger partial charge in [0.15, 0.2) is 0 Å². The first-order valence-corrected chi connectivity index (χ1v) is 6.57. The van der Waals surface area contributed by atoms with E-state index < -0.39 is 0 Å². The Kier molecular flexibility index (Phi) is 2.26. The van der Waals surface area contributed by atoms with Crippen LogP contribution in [0.4, 0.5) is 0 Å². The van der Waals surface area contributed by atoms with Gasteiger partial charge in [0.1, 0.15) is 0 Å².